The summed E-state index contributed by atoms with van der Waals surface area (Å²) in [5.74, 6) is -0.0245. The Labute approximate surface area is 209 Å². The molecule has 2 fully saturated rings. The van der Waals surface area contributed by atoms with Crippen molar-refractivity contribution in [2.75, 3.05) is 13.1 Å². The fraction of sp³-hybridized carbons (Fsp3) is 0.464. The minimum Gasteiger partial charge on any atom is -0.332 e. The predicted molar refractivity (Wildman–Crippen MR) is 139 cm³/mol. The van der Waals surface area contributed by atoms with Crippen LogP contribution in [0.2, 0.25) is 0 Å². The van der Waals surface area contributed by atoms with Crippen LogP contribution in [0.25, 0.3) is 0 Å². The van der Waals surface area contributed by atoms with Crippen molar-refractivity contribution < 1.29 is 13.2 Å². The lowest BCUT2D eigenvalue weighted by molar-refractivity contribution is -0.124. The molecule has 2 aromatic carbocycles. The number of rotatable bonds is 6. The van der Waals surface area contributed by atoms with Crippen LogP contribution in [0.3, 0.4) is 0 Å². The van der Waals surface area contributed by atoms with Crippen molar-refractivity contribution in [3.8, 4) is 0 Å². The highest BCUT2D eigenvalue weighted by Gasteiger charge is 2.30. The molecule has 1 aliphatic carbocycles. The van der Waals surface area contributed by atoms with E-state index in [0.717, 1.165) is 24.8 Å². The first-order valence-corrected chi connectivity index (χ1v) is 14.2. The Hall–Kier alpha value is -2.48. The molecule has 0 aromatic heterocycles. The molecule has 0 bridgehead atoms. The molecule has 1 saturated carbocycles. The fourth-order valence-electron chi connectivity index (χ4n) is 5.15. The van der Waals surface area contributed by atoms with E-state index in [0.29, 0.717) is 25.4 Å². The van der Waals surface area contributed by atoms with Crippen LogP contribution in [0, 0.1) is 12.8 Å². The van der Waals surface area contributed by atoms with E-state index in [1.807, 2.05) is 19.2 Å². The molecule has 3 N–H and O–H groups in total. The highest BCUT2D eigenvalue weighted by molar-refractivity contribution is 7.89. The highest BCUT2D eigenvalue weighted by atomic mass is 32.2. The van der Waals surface area contributed by atoms with Gasteiger partial charge in [0.2, 0.25) is 15.9 Å². The summed E-state index contributed by atoms with van der Waals surface area (Å²) < 4.78 is 28.4. The average Bonchev–Trinajstić information content (AvgIpc) is 2.84. The van der Waals surface area contributed by atoms with E-state index in [2.05, 4.69) is 39.6 Å². The molecule has 1 aliphatic heterocycles. The van der Waals surface area contributed by atoms with Crippen LogP contribution in [0.1, 0.15) is 62.0 Å². The third-order valence-electron chi connectivity index (χ3n) is 7.13. The van der Waals surface area contributed by atoms with Gasteiger partial charge in [-0.1, -0.05) is 67.3 Å². The van der Waals surface area contributed by atoms with Crippen LogP contribution >= 0.6 is 0 Å². The molecule has 2 aliphatic rings. The first kappa shape index (κ1) is 25.6. The zero-order chi connectivity index (χ0) is 24.7. The normalized spacial score (nSPS) is 24.9. The van der Waals surface area contributed by atoms with Crippen molar-refractivity contribution >= 4 is 15.9 Å². The summed E-state index contributed by atoms with van der Waals surface area (Å²) in [6, 6.07) is 17.0. The van der Waals surface area contributed by atoms with Gasteiger partial charge in [0, 0.05) is 31.2 Å². The zero-order valence-corrected chi connectivity index (χ0v) is 21.3. The van der Waals surface area contributed by atoms with Gasteiger partial charge in [-0.3, -0.25) is 4.79 Å². The molecule has 7 heteroatoms. The Kier molecular flexibility index (Phi) is 8.76. The molecule has 6 nitrogen and oxygen atoms in total. The second-order valence-electron chi connectivity index (χ2n) is 9.87. The molecule has 0 radical (unpaired) electrons. The van der Waals surface area contributed by atoms with Crippen LogP contribution in [0.5, 0.6) is 0 Å². The molecular formula is C28H37N3O3S. The molecule has 2 unspecified atom stereocenters. The molecular weight excluding hydrogens is 458 g/mol. The van der Waals surface area contributed by atoms with E-state index in [9.17, 15) is 13.2 Å². The minimum atomic E-state index is -3.63. The van der Waals surface area contributed by atoms with Gasteiger partial charge in [0.15, 0.2) is 0 Å². The van der Waals surface area contributed by atoms with Crippen LogP contribution in [-0.2, 0) is 14.8 Å². The number of sulfonamides is 1. The largest absolute Gasteiger partial charge is 0.332 e. The lowest BCUT2D eigenvalue weighted by Gasteiger charge is -2.30. The van der Waals surface area contributed by atoms with Crippen LogP contribution in [0.4, 0.5) is 0 Å². The second kappa shape index (κ2) is 12.0. The van der Waals surface area contributed by atoms with Gasteiger partial charge in [0.1, 0.15) is 0 Å². The molecule has 3 atom stereocenters. The summed E-state index contributed by atoms with van der Waals surface area (Å²) in [6.07, 6.45) is 9.31. The summed E-state index contributed by atoms with van der Waals surface area (Å²) in [7, 11) is -3.63. The summed E-state index contributed by atoms with van der Waals surface area (Å²) >= 11 is 0. The summed E-state index contributed by atoms with van der Waals surface area (Å²) in [4.78, 5) is 13.3. The third-order valence-corrected chi connectivity index (χ3v) is 8.67. The van der Waals surface area contributed by atoms with Crippen molar-refractivity contribution in [3.05, 3.63) is 77.5 Å². The quantitative estimate of drug-likeness (QED) is 0.555. The van der Waals surface area contributed by atoms with Gasteiger partial charge in [-0.2, -0.15) is 0 Å². The van der Waals surface area contributed by atoms with Gasteiger partial charge in [-0.05, 0) is 55.9 Å². The van der Waals surface area contributed by atoms with E-state index in [1.54, 1.807) is 24.3 Å². The first-order valence-electron chi connectivity index (χ1n) is 12.8. The minimum absolute atomic E-state index is 0.0573. The second-order valence-corrected chi connectivity index (χ2v) is 11.6. The van der Waals surface area contributed by atoms with Crippen LogP contribution in [0.15, 0.2) is 71.3 Å². The van der Waals surface area contributed by atoms with Crippen molar-refractivity contribution in [1.82, 2.24) is 15.4 Å². The molecule has 1 saturated heterocycles. The Bertz CT molecular complexity index is 1110. The zero-order valence-electron chi connectivity index (χ0n) is 20.5. The number of hydrogen-bond donors (Lipinski definition) is 3. The van der Waals surface area contributed by atoms with Crippen molar-refractivity contribution in [1.29, 1.82) is 0 Å². The maximum absolute atomic E-state index is 13.1. The van der Waals surface area contributed by atoms with Crippen molar-refractivity contribution in [2.45, 2.75) is 68.7 Å². The van der Waals surface area contributed by atoms with Crippen molar-refractivity contribution in [3.63, 3.8) is 0 Å². The number of allylic oxidation sites excluding steroid dienone is 1. The summed E-state index contributed by atoms with van der Waals surface area (Å²) in [6.45, 7) is 2.97. The number of nitrogens with one attached hydrogen (secondary N) is 3. The van der Waals surface area contributed by atoms with Gasteiger partial charge in [0.05, 0.1) is 10.8 Å². The van der Waals surface area contributed by atoms with Crippen molar-refractivity contribution in [2.24, 2.45) is 5.92 Å². The maximum Gasteiger partial charge on any atom is 0.240 e. The van der Waals surface area contributed by atoms with E-state index < -0.39 is 10.0 Å². The van der Waals surface area contributed by atoms with Gasteiger partial charge in [-0.15, -0.1) is 0 Å². The Morgan fingerprint density at radius 1 is 0.971 bits per heavy atom. The molecule has 35 heavy (non-hydrogen) atoms. The molecule has 4 rings (SSSR count). The molecule has 188 valence electrons. The molecule has 2 aromatic rings. The molecule has 1 heterocycles. The number of piperidine rings is 1. The molecule has 0 spiro atoms. The van der Waals surface area contributed by atoms with Crippen LogP contribution < -0.4 is 15.4 Å². The van der Waals surface area contributed by atoms with Gasteiger partial charge < -0.3 is 10.6 Å². The van der Waals surface area contributed by atoms with Crippen LogP contribution in [-0.4, -0.2) is 33.5 Å². The lowest BCUT2D eigenvalue weighted by Crippen LogP contribution is -2.51. The number of carbonyl (C=O) groups excluding carboxylic acids is 1. The monoisotopic (exact) mass is 495 g/mol. The number of aryl methyl sites for hydroxylation is 1. The highest BCUT2D eigenvalue weighted by Crippen LogP contribution is 2.35. The average molecular weight is 496 g/mol. The van der Waals surface area contributed by atoms with Gasteiger partial charge >= 0.3 is 0 Å². The standard InChI is InChI=1S/C28H37N3O3S/c1-21-13-15-26(16-14-21)35(33,34)31-25-17-24(18-29-20-25)28(32)30-19-23-11-5-2-3-8-12-27(23)22-9-6-4-7-10-22/h4,6-7,9-10,13-16,19,24-25,27,29,31H,2-3,5,8,11-12,17-18,20H2,1H3,(H,30,32)/b23-19+/t24-,25?,27?/m0/s1. The summed E-state index contributed by atoms with van der Waals surface area (Å²) in [5.41, 5.74) is 3.59. The summed E-state index contributed by atoms with van der Waals surface area (Å²) in [5, 5.41) is 6.30. The SMILES string of the molecule is Cc1ccc(S(=O)(=O)NC2CNC[C@@H](C(=O)N/C=C3\CCCCCCC3c3ccccc3)C2)cc1. The smallest absolute Gasteiger partial charge is 0.240 e. The lowest BCUT2D eigenvalue weighted by atomic mass is 9.82. The Morgan fingerprint density at radius 2 is 1.71 bits per heavy atom. The topological polar surface area (TPSA) is 87.3 Å². The number of carbonyl (C=O) groups is 1. The number of hydrogen-bond acceptors (Lipinski definition) is 4. The van der Waals surface area contributed by atoms with E-state index in [1.165, 1.54) is 30.4 Å². The predicted octanol–water partition coefficient (Wildman–Crippen LogP) is 4.39. The van der Waals surface area contributed by atoms with E-state index >= 15 is 0 Å². The van der Waals surface area contributed by atoms with Gasteiger partial charge in [0.25, 0.3) is 0 Å². The fourth-order valence-corrected chi connectivity index (χ4v) is 6.40. The maximum atomic E-state index is 13.1. The van der Waals surface area contributed by atoms with Gasteiger partial charge in [-0.25, -0.2) is 13.1 Å². The Balaban J connectivity index is 1.40. The van der Waals surface area contributed by atoms with E-state index in [-0.39, 0.29) is 22.8 Å². The third kappa shape index (κ3) is 7.03. The number of benzene rings is 2. The van der Waals surface area contributed by atoms with E-state index in [4.69, 9.17) is 0 Å². The Morgan fingerprint density at radius 3 is 2.49 bits per heavy atom. The number of amides is 1. The molecule has 1 amide bonds. The first-order chi connectivity index (χ1) is 16.9.